The van der Waals surface area contributed by atoms with Crippen LogP contribution in [0.5, 0.6) is 5.75 Å². The number of halogens is 1. The number of rotatable bonds is 8. The third kappa shape index (κ3) is 5.72. The first kappa shape index (κ1) is 22.0. The summed E-state index contributed by atoms with van der Waals surface area (Å²) in [4.78, 5) is 15.4. The average Bonchev–Trinajstić information content (AvgIpc) is 2.85. The standard InChI is InChI=1S/C26H27FN2O3/c27-22-12-10-20(11-13-22)19-32-25-9-5-4-8-23(25)26(30)28-18-24(21-6-2-1-3-7-21)29-14-16-31-17-15-29/h1-13,24H,14-19H2,(H,28,30). The first-order valence-corrected chi connectivity index (χ1v) is 10.8. The highest BCUT2D eigenvalue weighted by Gasteiger charge is 2.23. The minimum Gasteiger partial charge on any atom is -0.488 e. The SMILES string of the molecule is O=C(NCC(c1ccccc1)N1CCOCC1)c1ccccc1OCc1ccc(F)cc1. The molecule has 1 heterocycles. The molecule has 1 aliphatic rings. The molecule has 3 aromatic carbocycles. The third-order valence-electron chi connectivity index (χ3n) is 5.57. The van der Waals surface area contributed by atoms with Crippen molar-refractivity contribution >= 4 is 5.91 Å². The van der Waals surface area contributed by atoms with Gasteiger partial charge in [-0.2, -0.15) is 0 Å². The van der Waals surface area contributed by atoms with Crippen molar-refractivity contribution in [1.29, 1.82) is 0 Å². The second-order valence-corrected chi connectivity index (χ2v) is 7.70. The van der Waals surface area contributed by atoms with Crippen molar-refractivity contribution in [1.82, 2.24) is 10.2 Å². The topological polar surface area (TPSA) is 50.8 Å². The summed E-state index contributed by atoms with van der Waals surface area (Å²) in [5.74, 6) is 0.0209. The molecule has 4 rings (SSSR count). The molecule has 0 aliphatic carbocycles. The summed E-state index contributed by atoms with van der Waals surface area (Å²) < 4.78 is 24.5. The molecule has 0 bridgehead atoms. The largest absolute Gasteiger partial charge is 0.488 e. The lowest BCUT2D eigenvalue weighted by atomic mass is 10.0. The predicted molar refractivity (Wildman–Crippen MR) is 121 cm³/mol. The van der Waals surface area contributed by atoms with E-state index in [2.05, 4.69) is 22.3 Å². The number of carbonyl (C=O) groups is 1. The third-order valence-corrected chi connectivity index (χ3v) is 5.57. The predicted octanol–water partition coefficient (Wildman–Crippen LogP) is 4.21. The molecule has 1 unspecified atom stereocenters. The molecule has 1 atom stereocenters. The maximum Gasteiger partial charge on any atom is 0.255 e. The van der Waals surface area contributed by atoms with Gasteiger partial charge in [-0.3, -0.25) is 9.69 Å². The first-order chi connectivity index (χ1) is 15.7. The maximum atomic E-state index is 13.1. The molecule has 3 aromatic rings. The van der Waals surface area contributed by atoms with E-state index in [9.17, 15) is 9.18 Å². The van der Waals surface area contributed by atoms with Gasteiger partial charge in [0.25, 0.3) is 5.91 Å². The van der Waals surface area contributed by atoms with Crippen LogP contribution in [0.4, 0.5) is 4.39 Å². The van der Waals surface area contributed by atoms with Crippen molar-refractivity contribution in [2.45, 2.75) is 12.6 Å². The second-order valence-electron chi connectivity index (χ2n) is 7.70. The highest BCUT2D eigenvalue weighted by Crippen LogP contribution is 2.23. The summed E-state index contributed by atoms with van der Waals surface area (Å²) in [6, 6.07) is 23.6. The van der Waals surface area contributed by atoms with Gasteiger partial charge >= 0.3 is 0 Å². The number of carbonyl (C=O) groups excluding carboxylic acids is 1. The number of hydrogen-bond acceptors (Lipinski definition) is 4. The molecule has 32 heavy (non-hydrogen) atoms. The zero-order chi connectivity index (χ0) is 22.2. The van der Waals surface area contributed by atoms with E-state index in [-0.39, 0.29) is 24.4 Å². The second kappa shape index (κ2) is 10.9. The number of morpholine rings is 1. The van der Waals surface area contributed by atoms with Crippen molar-refractivity contribution in [3.05, 3.63) is 101 Å². The fourth-order valence-corrected chi connectivity index (χ4v) is 3.83. The molecule has 0 saturated carbocycles. The van der Waals surface area contributed by atoms with Gasteiger partial charge in [0.1, 0.15) is 18.2 Å². The zero-order valence-corrected chi connectivity index (χ0v) is 17.9. The number of nitrogens with one attached hydrogen (secondary N) is 1. The molecule has 0 aromatic heterocycles. The maximum absolute atomic E-state index is 13.1. The van der Waals surface area contributed by atoms with E-state index in [1.807, 2.05) is 30.3 Å². The molecule has 0 spiro atoms. The van der Waals surface area contributed by atoms with E-state index in [0.29, 0.717) is 31.1 Å². The van der Waals surface area contributed by atoms with Gasteiger partial charge in [-0.05, 0) is 35.4 Å². The molecular formula is C26H27FN2O3. The normalized spacial score (nSPS) is 15.2. The summed E-state index contributed by atoms with van der Waals surface area (Å²) in [6.07, 6.45) is 0. The average molecular weight is 435 g/mol. The van der Waals surface area contributed by atoms with Gasteiger partial charge < -0.3 is 14.8 Å². The fourth-order valence-electron chi connectivity index (χ4n) is 3.83. The highest BCUT2D eigenvalue weighted by atomic mass is 19.1. The Morgan fingerprint density at radius 1 is 0.969 bits per heavy atom. The Labute approximate surface area is 187 Å². The fraction of sp³-hybridized carbons (Fsp3) is 0.269. The number of hydrogen-bond donors (Lipinski definition) is 1. The highest BCUT2D eigenvalue weighted by molar-refractivity contribution is 5.96. The van der Waals surface area contributed by atoms with Crippen LogP contribution < -0.4 is 10.1 Å². The minimum absolute atomic E-state index is 0.0661. The van der Waals surface area contributed by atoms with Crippen molar-refractivity contribution in [3.63, 3.8) is 0 Å². The Morgan fingerprint density at radius 3 is 2.41 bits per heavy atom. The van der Waals surface area contributed by atoms with Crippen LogP contribution in [0.1, 0.15) is 27.5 Å². The van der Waals surface area contributed by atoms with Crippen LogP contribution in [0.2, 0.25) is 0 Å². The van der Waals surface area contributed by atoms with Crippen LogP contribution in [0.15, 0.2) is 78.9 Å². The molecule has 1 N–H and O–H groups in total. The van der Waals surface area contributed by atoms with Gasteiger partial charge in [0.2, 0.25) is 0 Å². The molecule has 1 saturated heterocycles. The van der Waals surface area contributed by atoms with Crippen LogP contribution in [-0.4, -0.2) is 43.7 Å². The van der Waals surface area contributed by atoms with Crippen molar-refractivity contribution in [2.24, 2.45) is 0 Å². The van der Waals surface area contributed by atoms with Gasteiger partial charge in [0, 0.05) is 19.6 Å². The van der Waals surface area contributed by atoms with Crippen LogP contribution >= 0.6 is 0 Å². The van der Waals surface area contributed by atoms with Crippen LogP contribution in [-0.2, 0) is 11.3 Å². The lowest BCUT2D eigenvalue weighted by Gasteiger charge is -2.35. The molecule has 5 nitrogen and oxygen atoms in total. The Balaban J connectivity index is 1.43. The van der Waals surface area contributed by atoms with E-state index in [1.54, 1.807) is 24.3 Å². The first-order valence-electron chi connectivity index (χ1n) is 10.8. The Kier molecular flexibility index (Phi) is 7.48. The number of benzene rings is 3. The van der Waals surface area contributed by atoms with E-state index in [0.717, 1.165) is 24.2 Å². The molecule has 1 fully saturated rings. The van der Waals surface area contributed by atoms with E-state index >= 15 is 0 Å². The molecule has 0 radical (unpaired) electrons. The van der Waals surface area contributed by atoms with E-state index in [1.165, 1.54) is 12.1 Å². The monoisotopic (exact) mass is 434 g/mol. The molecule has 166 valence electrons. The molecular weight excluding hydrogens is 407 g/mol. The smallest absolute Gasteiger partial charge is 0.255 e. The van der Waals surface area contributed by atoms with E-state index in [4.69, 9.17) is 9.47 Å². The van der Waals surface area contributed by atoms with E-state index < -0.39 is 0 Å². The summed E-state index contributed by atoms with van der Waals surface area (Å²) >= 11 is 0. The van der Waals surface area contributed by atoms with Crippen molar-refractivity contribution in [2.75, 3.05) is 32.8 Å². The summed E-state index contributed by atoms with van der Waals surface area (Å²) in [5.41, 5.74) is 2.47. The number of para-hydroxylation sites is 1. The number of amides is 1. The number of nitrogens with zero attached hydrogens (tertiary/aromatic N) is 1. The van der Waals surface area contributed by atoms with Gasteiger partial charge in [-0.1, -0.05) is 54.6 Å². The molecule has 1 aliphatic heterocycles. The summed E-state index contributed by atoms with van der Waals surface area (Å²) in [5, 5.41) is 3.09. The van der Waals surface area contributed by atoms with Crippen molar-refractivity contribution in [3.8, 4) is 5.75 Å². The Bertz CT molecular complexity index is 1010. The molecule has 6 heteroatoms. The molecule has 1 amide bonds. The summed E-state index contributed by atoms with van der Waals surface area (Å²) in [7, 11) is 0. The van der Waals surface area contributed by atoms with Crippen molar-refractivity contribution < 1.29 is 18.7 Å². The van der Waals surface area contributed by atoms with Gasteiger partial charge in [0.15, 0.2) is 0 Å². The van der Waals surface area contributed by atoms with Gasteiger partial charge in [-0.25, -0.2) is 4.39 Å². The lowest BCUT2D eigenvalue weighted by Crippen LogP contribution is -2.43. The summed E-state index contributed by atoms with van der Waals surface area (Å²) in [6.45, 7) is 3.77. The zero-order valence-electron chi connectivity index (χ0n) is 17.9. The van der Waals surface area contributed by atoms with Crippen LogP contribution in [0, 0.1) is 5.82 Å². The number of ether oxygens (including phenoxy) is 2. The van der Waals surface area contributed by atoms with Crippen LogP contribution in [0.3, 0.4) is 0 Å². The lowest BCUT2D eigenvalue weighted by molar-refractivity contribution is 0.0162. The Morgan fingerprint density at radius 2 is 1.66 bits per heavy atom. The Hall–Kier alpha value is -3.22. The van der Waals surface area contributed by atoms with Crippen LogP contribution in [0.25, 0.3) is 0 Å². The minimum atomic E-state index is -0.290. The van der Waals surface area contributed by atoms with Gasteiger partial charge in [0.05, 0.1) is 24.8 Å². The van der Waals surface area contributed by atoms with Gasteiger partial charge in [-0.15, -0.1) is 0 Å². The quantitative estimate of drug-likeness (QED) is 0.577.